The summed E-state index contributed by atoms with van der Waals surface area (Å²) in [5.41, 5.74) is -0.237. The number of methoxy groups -OCH3 is 1. The minimum Gasteiger partial charge on any atom is -0.468 e. The number of rotatable bonds is 8. The van der Waals surface area contributed by atoms with Crippen LogP contribution in [0.5, 0.6) is 0 Å². The number of hydrogen-bond donors (Lipinski definition) is 0. The topological polar surface area (TPSA) is 53.3 Å². The van der Waals surface area contributed by atoms with Crippen molar-refractivity contribution in [1.29, 1.82) is 5.26 Å². The summed E-state index contributed by atoms with van der Waals surface area (Å²) in [4.78, 5) is 13.2. The highest BCUT2D eigenvalue weighted by Crippen LogP contribution is 2.21. The zero-order valence-corrected chi connectivity index (χ0v) is 11.5. The van der Waals surface area contributed by atoms with Crippen LogP contribution in [0.3, 0.4) is 0 Å². The maximum Gasteiger partial charge on any atom is 0.319 e. The molecule has 0 saturated carbocycles. The number of ether oxygens (including phenoxy) is 1. The molecule has 0 aliphatic heterocycles. The number of carbonyl (C=O) groups is 1. The molecule has 0 spiro atoms. The maximum atomic E-state index is 11.1. The third-order valence-corrected chi connectivity index (χ3v) is 2.86. The minimum atomic E-state index is -0.237. The van der Waals surface area contributed by atoms with Gasteiger partial charge in [0.15, 0.2) is 0 Å². The van der Waals surface area contributed by atoms with Gasteiger partial charge in [-0.15, -0.1) is 0 Å². The Morgan fingerprint density at radius 1 is 1.41 bits per heavy atom. The first kappa shape index (κ1) is 15.9. The lowest BCUT2D eigenvalue weighted by Crippen LogP contribution is -2.31. The number of likely N-dealkylation sites (N-methyl/N-ethyl adjacent to an activating group) is 1. The largest absolute Gasteiger partial charge is 0.468 e. The number of carbonyl (C=O) groups excluding carboxylic acids is 1. The molecule has 0 aromatic rings. The third-order valence-electron chi connectivity index (χ3n) is 2.86. The van der Waals surface area contributed by atoms with Crippen LogP contribution in [0.25, 0.3) is 0 Å². The standard InChI is InChI=1S/C13H24N2O2/c1-5-15(10-12(16)17-4)9-7-6-8-13(2,3)11-14/h5-10H2,1-4H3. The number of nitrogens with zero attached hydrogens (tertiary/aromatic N) is 2. The van der Waals surface area contributed by atoms with Gasteiger partial charge in [-0.25, -0.2) is 0 Å². The van der Waals surface area contributed by atoms with E-state index in [0.29, 0.717) is 6.54 Å². The van der Waals surface area contributed by atoms with E-state index in [9.17, 15) is 4.79 Å². The lowest BCUT2D eigenvalue weighted by Gasteiger charge is -2.20. The fraction of sp³-hybridized carbons (Fsp3) is 0.846. The first-order valence-corrected chi connectivity index (χ1v) is 6.15. The molecular weight excluding hydrogens is 216 g/mol. The van der Waals surface area contributed by atoms with Crippen molar-refractivity contribution >= 4 is 5.97 Å². The van der Waals surface area contributed by atoms with Crippen LogP contribution in [0, 0.1) is 16.7 Å². The van der Waals surface area contributed by atoms with Gasteiger partial charge < -0.3 is 4.74 Å². The van der Waals surface area contributed by atoms with E-state index in [1.54, 1.807) is 0 Å². The summed E-state index contributed by atoms with van der Waals surface area (Å²) >= 11 is 0. The Morgan fingerprint density at radius 3 is 2.53 bits per heavy atom. The smallest absolute Gasteiger partial charge is 0.319 e. The van der Waals surface area contributed by atoms with Crippen LogP contribution >= 0.6 is 0 Å². The Labute approximate surface area is 105 Å². The van der Waals surface area contributed by atoms with Gasteiger partial charge in [0.25, 0.3) is 0 Å². The van der Waals surface area contributed by atoms with Gasteiger partial charge in [0, 0.05) is 0 Å². The number of nitriles is 1. The molecule has 0 rings (SSSR count). The van der Waals surface area contributed by atoms with Crippen LogP contribution in [-0.4, -0.2) is 37.6 Å². The molecule has 0 N–H and O–H groups in total. The molecule has 0 unspecified atom stereocenters. The zero-order chi connectivity index (χ0) is 13.3. The summed E-state index contributed by atoms with van der Waals surface area (Å²) in [6.45, 7) is 8.03. The normalized spacial score (nSPS) is 11.3. The molecule has 0 saturated heterocycles. The van der Waals surface area contributed by atoms with Crippen molar-refractivity contribution in [1.82, 2.24) is 4.90 Å². The predicted octanol–water partition coefficient (Wildman–Crippen LogP) is 2.20. The second-order valence-corrected chi connectivity index (χ2v) is 4.90. The summed E-state index contributed by atoms with van der Waals surface area (Å²) in [6.07, 6.45) is 2.92. The Balaban J connectivity index is 3.78. The van der Waals surface area contributed by atoms with E-state index in [1.165, 1.54) is 7.11 Å². The second kappa shape index (κ2) is 8.08. The SMILES string of the molecule is CCN(CCCCC(C)(C)C#N)CC(=O)OC. The molecule has 0 radical (unpaired) electrons. The van der Waals surface area contributed by atoms with Gasteiger partial charge in [-0.05, 0) is 39.8 Å². The number of hydrogen-bond acceptors (Lipinski definition) is 4. The zero-order valence-electron chi connectivity index (χ0n) is 11.5. The average molecular weight is 240 g/mol. The van der Waals surface area contributed by atoms with Gasteiger partial charge >= 0.3 is 5.97 Å². The van der Waals surface area contributed by atoms with Crippen LogP contribution < -0.4 is 0 Å². The average Bonchev–Trinajstić information content (AvgIpc) is 2.32. The van der Waals surface area contributed by atoms with Crippen molar-refractivity contribution in [3.8, 4) is 6.07 Å². The van der Waals surface area contributed by atoms with Gasteiger partial charge in [-0.3, -0.25) is 9.69 Å². The molecule has 0 heterocycles. The maximum absolute atomic E-state index is 11.1. The summed E-state index contributed by atoms with van der Waals surface area (Å²) < 4.78 is 4.64. The predicted molar refractivity (Wildman–Crippen MR) is 67.4 cm³/mol. The summed E-state index contributed by atoms with van der Waals surface area (Å²) in [7, 11) is 1.41. The highest BCUT2D eigenvalue weighted by Gasteiger charge is 2.16. The molecule has 4 heteroatoms. The Morgan fingerprint density at radius 2 is 2.06 bits per heavy atom. The van der Waals surface area contributed by atoms with Gasteiger partial charge in [-0.1, -0.05) is 13.3 Å². The molecule has 0 amide bonds. The van der Waals surface area contributed by atoms with Gasteiger partial charge in [0.05, 0.1) is 25.1 Å². The summed E-state index contributed by atoms with van der Waals surface area (Å²) in [5, 5.41) is 8.88. The summed E-state index contributed by atoms with van der Waals surface area (Å²) in [6, 6.07) is 2.30. The Kier molecular flexibility index (Phi) is 7.56. The quantitative estimate of drug-likeness (QED) is 0.482. The number of esters is 1. The lowest BCUT2D eigenvalue weighted by molar-refractivity contribution is -0.141. The van der Waals surface area contributed by atoms with Crippen LogP contribution in [0.4, 0.5) is 0 Å². The third kappa shape index (κ3) is 7.76. The van der Waals surface area contributed by atoms with Crippen LogP contribution in [0.1, 0.15) is 40.0 Å². The first-order valence-electron chi connectivity index (χ1n) is 6.15. The molecule has 4 nitrogen and oxygen atoms in total. The van der Waals surface area contributed by atoms with Crippen LogP contribution in [-0.2, 0) is 9.53 Å². The molecular formula is C13H24N2O2. The molecule has 0 aliphatic rings. The van der Waals surface area contributed by atoms with E-state index < -0.39 is 0 Å². The van der Waals surface area contributed by atoms with E-state index in [-0.39, 0.29) is 11.4 Å². The van der Waals surface area contributed by atoms with E-state index in [2.05, 4.69) is 15.7 Å². The van der Waals surface area contributed by atoms with Crippen LogP contribution in [0.15, 0.2) is 0 Å². The molecule has 0 aromatic carbocycles. The van der Waals surface area contributed by atoms with E-state index in [0.717, 1.165) is 32.4 Å². The molecule has 0 atom stereocenters. The first-order chi connectivity index (χ1) is 7.95. The molecule has 17 heavy (non-hydrogen) atoms. The van der Waals surface area contributed by atoms with Gasteiger partial charge in [-0.2, -0.15) is 5.26 Å². The fourth-order valence-corrected chi connectivity index (χ4v) is 1.55. The van der Waals surface area contributed by atoms with Gasteiger partial charge in [0.2, 0.25) is 0 Å². The Hall–Kier alpha value is -1.08. The summed E-state index contributed by atoms with van der Waals surface area (Å²) in [5.74, 6) is -0.191. The minimum absolute atomic E-state index is 0.191. The Bertz CT molecular complexity index is 269. The number of unbranched alkanes of at least 4 members (excludes halogenated alkanes) is 1. The lowest BCUT2D eigenvalue weighted by atomic mass is 9.89. The van der Waals surface area contributed by atoms with Crippen molar-refractivity contribution in [2.75, 3.05) is 26.7 Å². The molecule has 0 aromatic heterocycles. The van der Waals surface area contributed by atoms with Crippen molar-refractivity contribution in [3.05, 3.63) is 0 Å². The monoisotopic (exact) mass is 240 g/mol. The van der Waals surface area contributed by atoms with E-state index in [4.69, 9.17) is 5.26 Å². The highest BCUT2D eigenvalue weighted by molar-refractivity contribution is 5.71. The van der Waals surface area contributed by atoms with E-state index >= 15 is 0 Å². The molecule has 0 aliphatic carbocycles. The fourth-order valence-electron chi connectivity index (χ4n) is 1.55. The van der Waals surface area contributed by atoms with Crippen molar-refractivity contribution < 1.29 is 9.53 Å². The van der Waals surface area contributed by atoms with Crippen molar-refractivity contribution in [2.45, 2.75) is 40.0 Å². The molecule has 0 bridgehead atoms. The molecule has 98 valence electrons. The van der Waals surface area contributed by atoms with Crippen molar-refractivity contribution in [2.24, 2.45) is 5.41 Å². The van der Waals surface area contributed by atoms with E-state index in [1.807, 2.05) is 20.8 Å². The highest BCUT2D eigenvalue weighted by atomic mass is 16.5. The van der Waals surface area contributed by atoms with Crippen molar-refractivity contribution in [3.63, 3.8) is 0 Å². The van der Waals surface area contributed by atoms with Gasteiger partial charge in [0.1, 0.15) is 0 Å². The second-order valence-electron chi connectivity index (χ2n) is 4.90. The molecule has 0 fully saturated rings. The van der Waals surface area contributed by atoms with Crippen LogP contribution in [0.2, 0.25) is 0 Å².